The van der Waals surface area contributed by atoms with E-state index in [1.165, 1.54) is 43.8 Å². The van der Waals surface area contributed by atoms with Crippen molar-refractivity contribution < 1.29 is 13.2 Å². The van der Waals surface area contributed by atoms with Crippen molar-refractivity contribution in [1.29, 1.82) is 0 Å². The zero-order chi connectivity index (χ0) is 20.6. The third-order valence-electron chi connectivity index (χ3n) is 6.21. The molecule has 2 aromatic rings. The Hall–Kier alpha value is -2.32. The highest BCUT2D eigenvalue weighted by Crippen LogP contribution is 2.49. The van der Waals surface area contributed by atoms with Gasteiger partial charge in [-0.05, 0) is 75.1 Å². The highest BCUT2D eigenvalue weighted by molar-refractivity contribution is 7.89. The van der Waals surface area contributed by atoms with Gasteiger partial charge in [0.05, 0.1) is 16.8 Å². The molecule has 1 aromatic carbocycles. The first-order valence-corrected chi connectivity index (χ1v) is 11.5. The first-order chi connectivity index (χ1) is 13.8. The van der Waals surface area contributed by atoms with Gasteiger partial charge in [0.1, 0.15) is 5.69 Å². The lowest BCUT2D eigenvalue weighted by Crippen LogP contribution is -2.40. The van der Waals surface area contributed by atoms with E-state index < -0.39 is 15.9 Å². The molecule has 2 N–H and O–H groups in total. The summed E-state index contributed by atoms with van der Waals surface area (Å²) in [7, 11) is -3.60. The van der Waals surface area contributed by atoms with Gasteiger partial charge < -0.3 is 5.32 Å². The van der Waals surface area contributed by atoms with Crippen LogP contribution in [0.3, 0.4) is 0 Å². The number of carbonyl (C=O) groups is 1. The number of anilines is 1. The number of fused-ring (bicyclic) bond motifs is 2. The molecule has 0 unspecified atom stereocenters. The van der Waals surface area contributed by atoms with Crippen LogP contribution >= 0.6 is 0 Å². The number of nitrogens with one attached hydrogen (secondary N) is 2. The van der Waals surface area contributed by atoms with Crippen molar-refractivity contribution in [3.63, 3.8) is 0 Å². The van der Waals surface area contributed by atoms with Crippen molar-refractivity contribution in [2.45, 2.75) is 50.5 Å². The number of aryl methyl sites for hydroxylation is 1. The third kappa shape index (κ3) is 4.33. The third-order valence-corrected chi connectivity index (χ3v) is 7.79. The molecular weight excluding hydrogens is 388 g/mol. The highest BCUT2D eigenvalue weighted by Gasteiger charge is 2.42. The Morgan fingerprint density at radius 3 is 2.45 bits per heavy atom. The van der Waals surface area contributed by atoms with Gasteiger partial charge in [-0.25, -0.2) is 18.1 Å². The number of sulfonamides is 1. The van der Waals surface area contributed by atoms with E-state index in [0.29, 0.717) is 17.5 Å². The van der Waals surface area contributed by atoms with E-state index in [-0.39, 0.29) is 16.6 Å². The van der Waals surface area contributed by atoms with Crippen LogP contribution in [-0.2, 0) is 10.0 Å². The van der Waals surface area contributed by atoms with Crippen molar-refractivity contribution >= 4 is 21.6 Å². The number of rotatable bonds is 6. The van der Waals surface area contributed by atoms with E-state index in [9.17, 15) is 13.2 Å². The molecule has 4 atom stereocenters. The van der Waals surface area contributed by atoms with Gasteiger partial charge >= 0.3 is 0 Å². The molecule has 1 amide bonds. The fraction of sp³-hybridized carbons (Fsp3) is 0.476. The van der Waals surface area contributed by atoms with E-state index in [4.69, 9.17) is 0 Å². The number of nitrogens with zero attached hydrogens (tertiary/aromatic N) is 2. The second-order valence-electron chi connectivity index (χ2n) is 8.27. The Balaban J connectivity index is 1.40. The lowest BCUT2D eigenvalue weighted by molar-refractivity contribution is 0.102. The predicted molar refractivity (Wildman–Crippen MR) is 110 cm³/mol. The van der Waals surface area contributed by atoms with Gasteiger partial charge in [0, 0.05) is 17.9 Å². The summed E-state index contributed by atoms with van der Waals surface area (Å²) in [5.41, 5.74) is 1.43. The Morgan fingerprint density at radius 2 is 1.86 bits per heavy atom. The standard InChI is InChI=1S/C21H26N4O3S/c1-13-11-23-20(12-22-13)21(26)24-17-5-7-18(8-6-17)29(27,28)25-14(2)19-10-15-3-4-16(19)9-15/h5-8,11-12,14-16,19,25H,3-4,9-10H2,1-2H3,(H,24,26)/t14-,15-,16-,19+/m0/s1. The molecule has 2 aliphatic carbocycles. The van der Waals surface area contributed by atoms with Crippen molar-refractivity contribution in [2.24, 2.45) is 17.8 Å². The summed E-state index contributed by atoms with van der Waals surface area (Å²) in [6.45, 7) is 3.76. The zero-order valence-corrected chi connectivity index (χ0v) is 17.4. The molecule has 0 aliphatic heterocycles. The number of hydrogen-bond acceptors (Lipinski definition) is 5. The Bertz CT molecular complexity index is 990. The van der Waals surface area contributed by atoms with Crippen LogP contribution in [0.4, 0.5) is 5.69 Å². The van der Waals surface area contributed by atoms with Gasteiger partial charge in [-0.15, -0.1) is 0 Å². The minimum Gasteiger partial charge on any atom is -0.321 e. The van der Waals surface area contributed by atoms with Gasteiger partial charge in [-0.3, -0.25) is 9.78 Å². The maximum atomic E-state index is 12.8. The molecule has 8 heteroatoms. The van der Waals surface area contributed by atoms with Crippen LogP contribution in [0.5, 0.6) is 0 Å². The van der Waals surface area contributed by atoms with Gasteiger partial charge in [0.15, 0.2) is 0 Å². The van der Waals surface area contributed by atoms with E-state index in [2.05, 4.69) is 20.0 Å². The Kier molecular flexibility index (Phi) is 5.40. The summed E-state index contributed by atoms with van der Waals surface area (Å²) in [6.07, 6.45) is 7.82. The van der Waals surface area contributed by atoms with Crippen molar-refractivity contribution in [1.82, 2.24) is 14.7 Å². The van der Waals surface area contributed by atoms with Crippen LogP contribution in [0.25, 0.3) is 0 Å². The van der Waals surface area contributed by atoms with Crippen LogP contribution in [0, 0.1) is 24.7 Å². The van der Waals surface area contributed by atoms with Gasteiger partial charge in [0.25, 0.3) is 5.91 Å². The molecule has 2 bridgehead atoms. The number of benzene rings is 1. The molecule has 29 heavy (non-hydrogen) atoms. The zero-order valence-electron chi connectivity index (χ0n) is 16.6. The molecule has 1 aromatic heterocycles. The number of amides is 1. The first-order valence-electron chi connectivity index (χ1n) is 10.0. The summed E-state index contributed by atoms with van der Waals surface area (Å²) in [5, 5.41) is 2.70. The van der Waals surface area contributed by atoms with E-state index >= 15 is 0 Å². The van der Waals surface area contributed by atoms with Crippen molar-refractivity contribution in [3.8, 4) is 0 Å². The average molecular weight is 415 g/mol. The molecule has 0 spiro atoms. The van der Waals surface area contributed by atoms with Crippen LogP contribution in [-0.4, -0.2) is 30.3 Å². The maximum absolute atomic E-state index is 12.8. The van der Waals surface area contributed by atoms with Crippen molar-refractivity contribution in [3.05, 3.63) is 48.0 Å². The highest BCUT2D eigenvalue weighted by atomic mass is 32.2. The fourth-order valence-electron chi connectivity index (χ4n) is 4.73. The first kappa shape index (κ1) is 20.0. The van der Waals surface area contributed by atoms with Crippen molar-refractivity contribution in [2.75, 3.05) is 5.32 Å². The fourth-order valence-corrected chi connectivity index (χ4v) is 6.02. The molecule has 1 heterocycles. The molecule has 7 nitrogen and oxygen atoms in total. The maximum Gasteiger partial charge on any atom is 0.275 e. The molecule has 154 valence electrons. The SMILES string of the molecule is Cc1cnc(C(=O)Nc2ccc(S(=O)(=O)N[C@@H](C)[C@H]3C[C@H]4CC[C@H]3C4)cc2)cn1. The molecule has 4 rings (SSSR count). The van der Waals surface area contributed by atoms with E-state index in [1.807, 2.05) is 6.92 Å². The molecule has 2 aliphatic rings. The lowest BCUT2D eigenvalue weighted by atomic mass is 9.84. The average Bonchev–Trinajstić information content (AvgIpc) is 3.32. The normalized spacial score (nSPS) is 24.4. The molecular formula is C21H26N4O3S. The van der Waals surface area contributed by atoms with Crippen LogP contribution in [0.15, 0.2) is 41.6 Å². The molecule has 0 saturated heterocycles. The summed E-state index contributed by atoms with van der Waals surface area (Å²) in [4.78, 5) is 20.5. The van der Waals surface area contributed by atoms with Gasteiger partial charge in [-0.1, -0.05) is 6.42 Å². The lowest BCUT2D eigenvalue weighted by Gasteiger charge is -2.28. The van der Waals surface area contributed by atoms with Crippen LogP contribution in [0.2, 0.25) is 0 Å². The van der Waals surface area contributed by atoms with Crippen LogP contribution < -0.4 is 10.0 Å². The van der Waals surface area contributed by atoms with Gasteiger partial charge in [0.2, 0.25) is 10.0 Å². The molecule has 2 saturated carbocycles. The quantitative estimate of drug-likeness (QED) is 0.756. The van der Waals surface area contributed by atoms with Gasteiger partial charge in [-0.2, -0.15) is 0 Å². The molecule has 2 fully saturated rings. The summed E-state index contributed by atoms with van der Waals surface area (Å²) >= 11 is 0. The monoisotopic (exact) mass is 414 g/mol. The smallest absolute Gasteiger partial charge is 0.275 e. The van der Waals surface area contributed by atoms with E-state index in [0.717, 1.165) is 18.0 Å². The number of hydrogen-bond donors (Lipinski definition) is 2. The Labute approximate surface area is 171 Å². The minimum atomic E-state index is -3.60. The topological polar surface area (TPSA) is 101 Å². The summed E-state index contributed by atoms with van der Waals surface area (Å²) < 4.78 is 28.4. The second-order valence-corrected chi connectivity index (χ2v) is 9.98. The summed E-state index contributed by atoms with van der Waals surface area (Å²) in [5.74, 6) is 1.46. The predicted octanol–water partition coefficient (Wildman–Crippen LogP) is 3.14. The van der Waals surface area contributed by atoms with Crippen LogP contribution in [0.1, 0.15) is 48.8 Å². The largest absolute Gasteiger partial charge is 0.321 e. The minimum absolute atomic E-state index is 0.0743. The second kappa shape index (κ2) is 7.84. The number of carbonyl (C=O) groups excluding carboxylic acids is 1. The number of aromatic nitrogens is 2. The molecule has 0 radical (unpaired) electrons. The van der Waals surface area contributed by atoms with E-state index in [1.54, 1.807) is 19.1 Å². The summed E-state index contributed by atoms with van der Waals surface area (Å²) in [6, 6.07) is 6.10. The Morgan fingerprint density at radius 1 is 1.10 bits per heavy atom.